The van der Waals surface area contributed by atoms with Crippen molar-refractivity contribution in [2.24, 2.45) is 0 Å². The van der Waals surface area contributed by atoms with E-state index in [4.69, 9.17) is 0 Å². The molecule has 3 rings (SSSR count). The second-order valence-electron chi connectivity index (χ2n) is 5.23. The molecule has 0 bridgehead atoms. The van der Waals surface area contributed by atoms with Gasteiger partial charge >= 0.3 is 5.97 Å². The molecule has 1 spiro atoms. The predicted octanol–water partition coefficient (Wildman–Crippen LogP) is 0.945. The molecular formula is C12H18N2O2. The van der Waals surface area contributed by atoms with Crippen LogP contribution in [0.4, 0.5) is 0 Å². The van der Waals surface area contributed by atoms with E-state index in [-0.39, 0.29) is 11.6 Å². The van der Waals surface area contributed by atoms with Crippen LogP contribution in [0.1, 0.15) is 32.1 Å². The number of hydrogen-bond donors (Lipinski definition) is 2. The molecule has 2 unspecified atom stereocenters. The molecule has 3 heterocycles. The van der Waals surface area contributed by atoms with E-state index < -0.39 is 5.97 Å². The van der Waals surface area contributed by atoms with Gasteiger partial charge in [0.05, 0.1) is 0 Å². The first-order valence-corrected chi connectivity index (χ1v) is 6.14. The highest BCUT2D eigenvalue weighted by atomic mass is 16.4. The summed E-state index contributed by atoms with van der Waals surface area (Å²) in [5.74, 6) is -0.668. The number of allylic oxidation sites excluding steroid dienone is 1. The van der Waals surface area contributed by atoms with Gasteiger partial charge in [0.25, 0.3) is 0 Å². The molecule has 2 saturated heterocycles. The van der Waals surface area contributed by atoms with Gasteiger partial charge in [-0.2, -0.15) is 0 Å². The van der Waals surface area contributed by atoms with Crippen LogP contribution in [0.2, 0.25) is 0 Å². The Hall–Kier alpha value is -1.03. The van der Waals surface area contributed by atoms with E-state index in [0.717, 1.165) is 32.4 Å². The van der Waals surface area contributed by atoms with Gasteiger partial charge in [-0.15, -0.1) is 0 Å². The molecule has 4 heteroatoms. The van der Waals surface area contributed by atoms with Crippen molar-refractivity contribution in [1.82, 2.24) is 10.2 Å². The van der Waals surface area contributed by atoms with Gasteiger partial charge in [0.1, 0.15) is 6.04 Å². The van der Waals surface area contributed by atoms with Crippen LogP contribution in [0, 0.1) is 0 Å². The molecular weight excluding hydrogens is 204 g/mol. The number of fused-ring (bicyclic) bond motifs is 1. The van der Waals surface area contributed by atoms with E-state index in [2.05, 4.69) is 16.3 Å². The summed E-state index contributed by atoms with van der Waals surface area (Å²) < 4.78 is 0. The van der Waals surface area contributed by atoms with Crippen molar-refractivity contribution in [3.8, 4) is 0 Å². The lowest BCUT2D eigenvalue weighted by Gasteiger charge is -2.40. The van der Waals surface area contributed by atoms with Gasteiger partial charge in [0, 0.05) is 17.8 Å². The normalized spacial score (nSPS) is 37.6. The largest absolute Gasteiger partial charge is 0.480 e. The number of carboxylic acids is 1. The Kier molecular flexibility index (Phi) is 2.21. The fraction of sp³-hybridized carbons (Fsp3) is 0.750. The van der Waals surface area contributed by atoms with Crippen LogP contribution in [0.5, 0.6) is 0 Å². The maximum absolute atomic E-state index is 11.2. The Morgan fingerprint density at radius 1 is 1.62 bits per heavy atom. The summed E-state index contributed by atoms with van der Waals surface area (Å²) in [6, 6.07) is -0.286. The summed E-state index contributed by atoms with van der Waals surface area (Å²) in [7, 11) is 0. The second-order valence-corrected chi connectivity index (χ2v) is 5.23. The van der Waals surface area contributed by atoms with Crippen LogP contribution in [0.3, 0.4) is 0 Å². The molecule has 2 N–H and O–H groups in total. The maximum atomic E-state index is 11.2. The van der Waals surface area contributed by atoms with Gasteiger partial charge in [-0.25, -0.2) is 4.79 Å². The zero-order valence-electron chi connectivity index (χ0n) is 9.41. The summed E-state index contributed by atoms with van der Waals surface area (Å²) in [5.41, 5.74) is 1.42. The third kappa shape index (κ3) is 1.44. The Morgan fingerprint density at radius 2 is 2.50 bits per heavy atom. The first-order chi connectivity index (χ1) is 7.70. The van der Waals surface area contributed by atoms with E-state index in [9.17, 15) is 9.90 Å². The monoisotopic (exact) mass is 222 g/mol. The lowest BCUT2D eigenvalue weighted by molar-refractivity contribution is -0.142. The van der Waals surface area contributed by atoms with Crippen molar-refractivity contribution in [3.63, 3.8) is 0 Å². The highest BCUT2D eigenvalue weighted by molar-refractivity contribution is 5.74. The SMILES string of the molecule is O=C(O)C1CCC2=CCC3(CCCN3)CN21. The Morgan fingerprint density at radius 3 is 3.19 bits per heavy atom. The summed E-state index contributed by atoms with van der Waals surface area (Å²) in [4.78, 5) is 13.3. The molecule has 2 fully saturated rings. The number of carboxylic acid groups (broad SMARTS) is 1. The summed E-state index contributed by atoms with van der Waals surface area (Å²) in [6.45, 7) is 1.96. The highest BCUT2D eigenvalue weighted by Crippen LogP contribution is 2.37. The number of carbonyl (C=O) groups is 1. The predicted molar refractivity (Wildman–Crippen MR) is 60.0 cm³/mol. The maximum Gasteiger partial charge on any atom is 0.326 e. The summed E-state index contributed by atoms with van der Waals surface area (Å²) in [6.07, 6.45) is 7.44. The Balaban J connectivity index is 1.84. The smallest absolute Gasteiger partial charge is 0.326 e. The van der Waals surface area contributed by atoms with Crippen LogP contribution >= 0.6 is 0 Å². The topological polar surface area (TPSA) is 52.6 Å². The first kappa shape index (κ1) is 10.1. The molecule has 0 saturated carbocycles. The quantitative estimate of drug-likeness (QED) is 0.693. The molecule has 16 heavy (non-hydrogen) atoms. The molecule has 3 aliphatic rings. The molecule has 0 aromatic carbocycles. The van der Waals surface area contributed by atoms with Gasteiger partial charge in [-0.05, 0) is 38.6 Å². The van der Waals surface area contributed by atoms with Gasteiger partial charge in [0.2, 0.25) is 0 Å². The van der Waals surface area contributed by atoms with Crippen LogP contribution in [0.25, 0.3) is 0 Å². The number of nitrogens with zero attached hydrogens (tertiary/aromatic N) is 1. The third-order valence-corrected chi connectivity index (χ3v) is 4.24. The number of nitrogens with one attached hydrogen (secondary N) is 1. The average Bonchev–Trinajstić information content (AvgIpc) is 2.85. The van der Waals surface area contributed by atoms with Gasteiger partial charge < -0.3 is 15.3 Å². The van der Waals surface area contributed by atoms with Crippen molar-refractivity contribution in [3.05, 3.63) is 11.8 Å². The number of hydrogen-bond acceptors (Lipinski definition) is 3. The van der Waals surface area contributed by atoms with Gasteiger partial charge in [-0.3, -0.25) is 0 Å². The standard InChI is InChI=1S/C12H18N2O2/c15-11(16)10-3-2-9-4-6-12(8-14(9)10)5-1-7-13-12/h4,10,13H,1-3,5-8H2,(H,15,16). The van der Waals surface area contributed by atoms with Crippen LogP contribution in [-0.2, 0) is 4.79 Å². The van der Waals surface area contributed by atoms with E-state index in [1.165, 1.54) is 18.5 Å². The molecule has 0 aromatic heterocycles. The van der Waals surface area contributed by atoms with Crippen LogP contribution in [0.15, 0.2) is 11.8 Å². The van der Waals surface area contributed by atoms with E-state index in [1.807, 2.05) is 0 Å². The average molecular weight is 222 g/mol. The summed E-state index contributed by atoms with van der Waals surface area (Å²) >= 11 is 0. The van der Waals surface area contributed by atoms with Crippen molar-refractivity contribution >= 4 is 5.97 Å². The molecule has 3 aliphatic heterocycles. The Bertz CT molecular complexity index is 345. The molecule has 0 amide bonds. The van der Waals surface area contributed by atoms with E-state index >= 15 is 0 Å². The summed E-state index contributed by atoms with van der Waals surface area (Å²) in [5, 5.41) is 12.8. The van der Waals surface area contributed by atoms with Crippen molar-refractivity contribution in [1.29, 1.82) is 0 Å². The zero-order chi connectivity index (χ0) is 11.2. The van der Waals surface area contributed by atoms with Crippen LogP contribution < -0.4 is 5.32 Å². The van der Waals surface area contributed by atoms with Crippen molar-refractivity contribution < 1.29 is 9.90 Å². The fourth-order valence-corrected chi connectivity index (χ4v) is 3.35. The molecule has 88 valence electrons. The molecule has 0 radical (unpaired) electrons. The lowest BCUT2D eigenvalue weighted by atomic mass is 9.89. The highest BCUT2D eigenvalue weighted by Gasteiger charge is 2.43. The number of rotatable bonds is 1. The minimum atomic E-state index is -0.668. The minimum Gasteiger partial charge on any atom is -0.480 e. The molecule has 2 atom stereocenters. The van der Waals surface area contributed by atoms with Gasteiger partial charge in [0.15, 0.2) is 0 Å². The van der Waals surface area contributed by atoms with Crippen molar-refractivity contribution in [2.45, 2.75) is 43.7 Å². The van der Waals surface area contributed by atoms with Crippen molar-refractivity contribution in [2.75, 3.05) is 13.1 Å². The van der Waals surface area contributed by atoms with Crippen LogP contribution in [-0.4, -0.2) is 40.6 Å². The molecule has 0 aliphatic carbocycles. The zero-order valence-corrected chi connectivity index (χ0v) is 9.41. The van der Waals surface area contributed by atoms with Gasteiger partial charge in [-0.1, -0.05) is 6.08 Å². The van der Waals surface area contributed by atoms with E-state index in [0.29, 0.717) is 0 Å². The molecule has 4 nitrogen and oxygen atoms in total. The second kappa shape index (κ2) is 3.48. The fourth-order valence-electron chi connectivity index (χ4n) is 3.35. The first-order valence-electron chi connectivity index (χ1n) is 6.14. The van der Waals surface area contributed by atoms with E-state index in [1.54, 1.807) is 0 Å². The Labute approximate surface area is 95.3 Å². The lowest BCUT2D eigenvalue weighted by Crippen LogP contribution is -2.53. The third-order valence-electron chi connectivity index (χ3n) is 4.24. The molecule has 0 aromatic rings. The minimum absolute atomic E-state index is 0.168. The number of aliphatic carboxylic acids is 1.